The lowest BCUT2D eigenvalue weighted by atomic mass is 10.5. The minimum Gasteiger partial charge on any atom is -0.446 e. The quantitative estimate of drug-likeness (QED) is 0.520. The molecule has 0 rings (SSSR count). The van der Waals surface area contributed by atoms with Crippen LogP contribution in [0.25, 0.3) is 0 Å². The van der Waals surface area contributed by atoms with Crippen LogP contribution in [0.1, 0.15) is 20.8 Å². The summed E-state index contributed by atoms with van der Waals surface area (Å²) in [5, 5.41) is 6.89. The number of hydrogen-bond donors (Lipinski definition) is 1. The minimum absolute atomic E-state index is 0.162. The van der Waals surface area contributed by atoms with Gasteiger partial charge in [-0.1, -0.05) is 6.08 Å². The Balaban J connectivity index is 4.12. The fourth-order valence-electron chi connectivity index (χ4n) is 0.580. The molecule has 0 aromatic heterocycles. The number of amides is 1. The molecule has 0 bridgehead atoms. The van der Waals surface area contributed by atoms with Crippen LogP contribution in [0.2, 0.25) is 0 Å². The summed E-state index contributed by atoms with van der Waals surface area (Å²) >= 11 is 0. The molecule has 0 atom stereocenters. The average Bonchev–Trinajstić information content (AvgIpc) is 1.98. The summed E-state index contributed by atoms with van der Waals surface area (Å²) in [6.45, 7) is 5.28. The van der Waals surface area contributed by atoms with Crippen LogP contribution in [0.15, 0.2) is 12.3 Å². The Labute approximate surface area is 72.3 Å². The lowest BCUT2D eigenvalue weighted by molar-refractivity contribution is 0.103. The lowest BCUT2D eigenvalue weighted by Gasteiger charge is -2.13. The number of hydrogen-bond acceptors (Lipinski definition) is 3. The third kappa shape index (κ3) is 3.75. The second-order valence-corrected chi connectivity index (χ2v) is 2.45. The zero-order valence-electron chi connectivity index (χ0n) is 7.57. The van der Waals surface area contributed by atoms with Crippen molar-refractivity contribution in [2.24, 2.45) is 0 Å². The van der Waals surface area contributed by atoms with E-state index in [1.165, 1.54) is 6.20 Å². The fraction of sp³-hybridized carbons (Fsp3) is 0.500. The lowest BCUT2D eigenvalue weighted by Crippen LogP contribution is -2.26. The molecule has 4 nitrogen and oxygen atoms in total. The molecule has 0 unspecified atom stereocenters. The van der Waals surface area contributed by atoms with E-state index >= 15 is 0 Å². The number of nitrogens with zero attached hydrogens (tertiary/aromatic N) is 1. The molecule has 0 heterocycles. The van der Waals surface area contributed by atoms with Crippen molar-refractivity contribution in [2.75, 3.05) is 0 Å². The second kappa shape index (κ2) is 5.35. The molecular formula is C8H14N2O2. The maximum atomic E-state index is 11.1. The Kier molecular flexibility index (Phi) is 4.76. The fourth-order valence-corrected chi connectivity index (χ4v) is 0.580. The van der Waals surface area contributed by atoms with Gasteiger partial charge in [-0.05, 0) is 20.8 Å². The first kappa shape index (κ1) is 10.7. The van der Waals surface area contributed by atoms with E-state index in [1.807, 2.05) is 0 Å². The molecule has 0 aliphatic carbocycles. The predicted molar refractivity (Wildman–Crippen MR) is 47.1 cm³/mol. The number of rotatable bonds is 3. The number of nitrogens with one attached hydrogen (secondary N) is 1. The normalized spacial score (nSPS) is 10.3. The van der Waals surface area contributed by atoms with Gasteiger partial charge < -0.3 is 4.74 Å². The topological polar surface area (TPSA) is 53.4 Å². The molecule has 1 N–H and O–H groups in total. The van der Waals surface area contributed by atoms with Crippen LogP contribution >= 0.6 is 0 Å². The van der Waals surface area contributed by atoms with E-state index in [-0.39, 0.29) is 6.10 Å². The maximum Gasteiger partial charge on any atom is 0.419 e. The van der Waals surface area contributed by atoms with Crippen LogP contribution in [-0.4, -0.2) is 23.4 Å². The molecular weight excluding hydrogens is 156 g/mol. The molecule has 12 heavy (non-hydrogen) atoms. The van der Waals surface area contributed by atoms with E-state index in [9.17, 15) is 4.79 Å². The summed E-state index contributed by atoms with van der Waals surface area (Å²) in [5.74, 6) is 0. The van der Waals surface area contributed by atoms with Crippen molar-refractivity contribution in [1.82, 2.24) is 4.90 Å². The van der Waals surface area contributed by atoms with Gasteiger partial charge in [0.25, 0.3) is 0 Å². The van der Waals surface area contributed by atoms with Gasteiger partial charge in [-0.25, -0.2) is 9.69 Å². The second-order valence-electron chi connectivity index (χ2n) is 2.45. The van der Waals surface area contributed by atoms with Gasteiger partial charge in [0.15, 0.2) is 0 Å². The highest BCUT2D eigenvalue weighted by Gasteiger charge is 2.10. The molecule has 0 aliphatic rings. The van der Waals surface area contributed by atoms with Crippen molar-refractivity contribution in [3.05, 3.63) is 12.3 Å². The monoisotopic (exact) mass is 170 g/mol. The van der Waals surface area contributed by atoms with Crippen molar-refractivity contribution in [3.8, 4) is 0 Å². The smallest absolute Gasteiger partial charge is 0.419 e. The van der Waals surface area contributed by atoms with Crippen LogP contribution < -0.4 is 0 Å². The van der Waals surface area contributed by atoms with E-state index in [4.69, 9.17) is 10.1 Å². The molecule has 0 aromatic rings. The van der Waals surface area contributed by atoms with Gasteiger partial charge in [-0.3, -0.25) is 5.41 Å². The average molecular weight is 170 g/mol. The summed E-state index contributed by atoms with van der Waals surface area (Å²) in [4.78, 5) is 12.1. The molecule has 0 spiro atoms. The number of ether oxygens (including phenoxy) is 1. The standard InChI is InChI=1S/C8H14N2O2/c1-4-5-10(6-9)8(11)12-7(2)3/h4-7,9H,1-3H3/b5-4-,9-6?. The molecule has 0 fully saturated rings. The SMILES string of the molecule is C/C=C\N(C=N)C(=O)OC(C)C. The minimum atomic E-state index is -0.530. The third-order valence-electron chi connectivity index (χ3n) is 0.996. The Morgan fingerprint density at radius 2 is 2.17 bits per heavy atom. The van der Waals surface area contributed by atoms with Crippen molar-refractivity contribution in [3.63, 3.8) is 0 Å². The molecule has 68 valence electrons. The Morgan fingerprint density at radius 3 is 2.50 bits per heavy atom. The maximum absolute atomic E-state index is 11.1. The Bertz CT molecular complexity index is 187. The van der Waals surface area contributed by atoms with E-state index in [2.05, 4.69) is 0 Å². The highest BCUT2D eigenvalue weighted by molar-refractivity contribution is 5.82. The molecule has 0 aliphatic heterocycles. The largest absolute Gasteiger partial charge is 0.446 e. The first-order chi connectivity index (χ1) is 5.61. The number of carbonyl (C=O) groups is 1. The summed E-state index contributed by atoms with van der Waals surface area (Å²) < 4.78 is 4.84. The summed E-state index contributed by atoms with van der Waals surface area (Å²) in [6, 6.07) is 0. The first-order valence-corrected chi connectivity index (χ1v) is 3.74. The van der Waals surface area contributed by atoms with E-state index in [0.717, 1.165) is 11.2 Å². The third-order valence-corrected chi connectivity index (χ3v) is 0.996. The molecule has 0 saturated heterocycles. The van der Waals surface area contributed by atoms with Gasteiger partial charge in [0.1, 0.15) is 0 Å². The van der Waals surface area contributed by atoms with Crippen molar-refractivity contribution in [1.29, 1.82) is 5.41 Å². The molecule has 4 heteroatoms. The highest BCUT2D eigenvalue weighted by Crippen LogP contribution is 1.96. The van der Waals surface area contributed by atoms with Gasteiger partial charge in [0.2, 0.25) is 0 Å². The molecule has 0 saturated carbocycles. The molecule has 1 amide bonds. The zero-order chi connectivity index (χ0) is 9.56. The molecule has 0 radical (unpaired) electrons. The van der Waals surface area contributed by atoms with Crippen molar-refractivity contribution in [2.45, 2.75) is 26.9 Å². The summed E-state index contributed by atoms with van der Waals surface area (Å²) in [6.07, 6.45) is 3.35. The van der Waals surface area contributed by atoms with Crippen LogP contribution in [0.5, 0.6) is 0 Å². The number of allylic oxidation sites excluding steroid dienone is 1. The van der Waals surface area contributed by atoms with Crippen molar-refractivity contribution < 1.29 is 9.53 Å². The van der Waals surface area contributed by atoms with Crippen LogP contribution in [0, 0.1) is 5.41 Å². The van der Waals surface area contributed by atoms with Gasteiger partial charge >= 0.3 is 6.09 Å². The first-order valence-electron chi connectivity index (χ1n) is 3.74. The predicted octanol–water partition coefficient (Wildman–Crippen LogP) is 1.97. The molecule has 0 aromatic carbocycles. The summed E-state index contributed by atoms with van der Waals surface area (Å²) in [7, 11) is 0. The highest BCUT2D eigenvalue weighted by atomic mass is 16.6. The van der Waals surface area contributed by atoms with Crippen molar-refractivity contribution >= 4 is 12.4 Å². The Morgan fingerprint density at radius 1 is 1.58 bits per heavy atom. The van der Waals surface area contributed by atoms with Crippen LogP contribution in [-0.2, 0) is 4.74 Å². The summed E-state index contributed by atoms with van der Waals surface area (Å²) in [5.41, 5.74) is 0. The van der Waals surface area contributed by atoms with Crippen LogP contribution in [0.4, 0.5) is 4.79 Å². The van der Waals surface area contributed by atoms with Gasteiger partial charge in [0.05, 0.1) is 12.4 Å². The van der Waals surface area contributed by atoms with Gasteiger partial charge in [-0.15, -0.1) is 0 Å². The van der Waals surface area contributed by atoms with E-state index in [1.54, 1.807) is 26.8 Å². The van der Waals surface area contributed by atoms with E-state index < -0.39 is 6.09 Å². The number of carbonyl (C=O) groups excluding carboxylic acids is 1. The zero-order valence-corrected chi connectivity index (χ0v) is 7.57. The van der Waals surface area contributed by atoms with Crippen LogP contribution in [0.3, 0.4) is 0 Å². The Hall–Kier alpha value is -1.32. The van der Waals surface area contributed by atoms with Gasteiger partial charge in [0, 0.05) is 6.20 Å². The van der Waals surface area contributed by atoms with Gasteiger partial charge in [-0.2, -0.15) is 0 Å². The van der Waals surface area contributed by atoms with E-state index in [0.29, 0.717) is 0 Å².